The number of aliphatic hydroxyl groups excluding tert-OH is 1. The number of aliphatic hydroxyl groups is 1. The molecule has 10 nitrogen and oxygen atoms in total. The molecule has 2 aromatic rings. The van der Waals surface area contributed by atoms with E-state index in [1.807, 2.05) is 6.07 Å². The molecule has 12 heteroatoms. The van der Waals surface area contributed by atoms with Crippen molar-refractivity contribution >= 4 is 56.9 Å². The third-order valence-electron chi connectivity index (χ3n) is 9.18. The standard InChI is InChI=1S/C35H39BrClN3O7/c1-4-6-16-27(42)38-19-26(22-12-8-7-9-13-22)46-34(45)28-29-32(43)40(21(3)20-41)31(35(29)18-23(36)30(28)47-35)33(44)39(17-5-2)25-15-11-10-14-24(25)37/h4-5,7-15,21,23,26,28-31,41H,1-2,6,16-20H2,3H3,(H,38,42)/t21-,23?,26-,28+,29-,30+,31+,35-/m1/s1. The van der Waals surface area contributed by atoms with E-state index in [1.165, 1.54) is 9.80 Å². The number of fused-ring (bicyclic) bond motifs is 1. The van der Waals surface area contributed by atoms with Crippen LogP contribution < -0.4 is 10.2 Å². The molecule has 8 atom stereocenters. The topological polar surface area (TPSA) is 125 Å². The highest BCUT2D eigenvalue weighted by Crippen LogP contribution is 2.61. The van der Waals surface area contributed by atoms with Gasteiger partial charge >= 0.3 is 5.97 Å². The van der Waals surface area contributed by atoms with E-state index in [1.54, 1.807) is 67.6 Å². The fourth-order valence-electron chi connectivity index (χ4n) is 7.07. The Kier molecular flexibility index (Phi) is 10.9. The summed E-state index contributed by atoms with van der Waals surface area (Å²) in [7, 11) is 0. The first-order valence-electron chi connectivity index (χ1n) is 15.6. The molecular formula is C35H39BrClN3O7. The Bertz CT molecular complexity index is 1530. The number of nitrogens with one attached hydrogen (secondary N) is 1. The third-order valence-corrected chi connectivity index (χ3v) is 10.3. The molecule has 3 saturated heterocycles. The largest absolute Gasteiger partial charge is 0.455 e. The van der Waals surface area contributed by atoms with Gasteiger partial charge in [0.05, 0.1) is 47.8 Å². The molecule has 2 aromatic carbocycles. The van der Waals surface area contributed by atoms with Crippen molar-refractivity contribution in [3.05, 3.63) is 90.5 Å². The van der Waals surface area contributed by atoms with Gasteiger partial charge in [0.1, 0.15) is 17.7 Å². The number of alkyl halides is 1. The molecule has 3 aliphatic rings. The van der Waals surface area contributed by atoms with E-state index >= 15 is 0 Å². The number of hydrogen-bond donors (Lipinski definition) is 2. The van der Waals surface area contributed by atoms with Gasteiger partial charge < -0.3 is 29.7 Å². The zero-order valence-electron chi connectivity index (χ0n) is 26.1. The Hall–Kier alpha value is -3.51. The lowest BCUT2D eigenvalue weighted by Gasteiger charge is -2.38. The number of ether oxygens (including phenoxy) is 2. The molecule has 5 rings (SSSR count). The lowest BCUT2D eigenvalue weighted by atomic mass is 9.70. The highest BCUT2D eigenvalue weighted by Gasteiger charge is 2.77. The number of nitrogens with zero attached hydrogens (tertiary/aromatic N) is 2. The third kappa shape index (κ3) is 6.50. The second-order valence-corrected chi connectivity index (χ2v) is 13.7. The molecule has 1 spiro atoms. The lowest BCUT2D eigenvalue weighted by Crippen LogP contribution is -2.58. The number of carbonyl (C=O) groups excluding carboxylic acids is 4. The fourth-order valence-corrected chi connectivity index (χ4v) is 8.26. The number of carbonyl (C=O) groups is 4. The van der Waals surface area contributed by atoms with Gasteiger partial charge in [0, 0.05) is 17.8 Å². The Balaban J connectivity index is 1.50. The molecule has 0 saturated carbocycles. The molecule has 0 aromatic heterocycles. The van der Waals surface area contributed by atoms with E-state index in [2.05, 4.69) is 34.4 Å². The number of para-hydroxylation sites is 1. The molecule has 3 aliphatic heterocycles. The molecule has 3 fully saturated rings. The number of benzene rings is 2. The van der Waals surface area contributed by atoms with E-state index in [0.717, 1.165) is 0 Å². The predicted molar refractivity (Wildman–Crippen MR) is 181 cm³/mol. The van der Waals surface area contributed by atoms with Gasteiger partial charge in [-0.2, -0.15) is 0 Å². The zero-order valence-corrected chi connectivity index (χ0v) is 28.4. The lowest BCUT2D eigenvalue weighted by molar-refractivity contribution is -0.160. The van der Waals surface area contributed by atoms with Gasteiger partial charge in [0.15, 0.2) is 0 Å². The van der Waals surface area contributed by atoms with E-state index < -0.39 is 66.1 Å². The molecule has 250 valence electrons. The number of rotatable bonds is 14. The van der Waals surface area contributed by atoms with Gasteiger partial charge in [-0.1, -0.05) is 82.1 Å². The van der Waals surface area contributed by atoms with Crippen molar-refractivity contribution in [1.29, 1.82) is 0 Å². The molecule has 0 radical (unpaired) electrons. The Morgan fingerprint density at radius 2 is 1.89 bits per heavy atom. The van der Waals surface area contributed by atoms with Gasteiger partial charge in [-0.15, -0.1) is 13.2 Å². The first-order chi connectivity index (χ1) is 22.6. The van der Waals surface area contributed by atoms with Crippen LogP contribution in [0.4, 0.5) is 5.69 Å². The van der Waals surface area contributed by atoms with E-state index in [0.29, 0.717) is 22.7 Å². The maximum atomic E-state index is 14.6. The summed E-state index contributed by atoms with van der Waals surface area (Å²) >= 11 is 10.2. The van der Waals surface area contributed by atoms with Crippen LogP contribution in [0, 0.1) is 11.8 Å². The van der Waals surface area contributed by atoms with E-state index in [-0.39, 0.29) is 36.7 Å². The molecule has 1 unspecified atom stereocenters. The van der Waals surface area contributed by atoms with Gasteiger partial charge in [0.25, 0.3) is 5.91 Å². The summed E-state index contributed by atoms with van der Waals surface area (Å²) in [6.45, 7) is 8.82. The van der Waals surface area contributed by atoms with Crippen LogP contribution in [0.2, 0.25) is 5.02 Å². The molecule has 3 heterocycles. The normalized spacial score (nSPS) is 27.1. The summed E-state index contributed by atoms with van der Waals surface area (Å²) in [5, 5.41) is 13.4. The van der Waals surface area contributed by atoms with E-state index in [9.17, 15) is 24.3 Å². The minimum Gasteiger partial charge on any atom is -0.455 e. The van der Waals surface area contributed by atoms with Gasteiger partial charge in [-0.3, -0.25) is 19.2 Å². The van der Waals surface area contributed by atoms with Crippen molar-refractivity contribution in [3.63, 3.8) is 0 Å². The average Bonchev–Trinajstić information content (AvgIpc) is 3.67. The summed E-state index contributed by atoms with van der Waals surface area (Å²) in [5.41, 5.74) is -0.287. The second-order valence-electron chi connectivity index (χ2n) is 12.1. The van der Waals surface area contributed by atoms with Crippen LogP contribution in [0.15, 0.2) is 79.9 Å². The maximum Gasteiger partial charge on any atom is 0.313 e. The molecule has 47 heavy (non-hydrogen) atoms. The van der Waals surface area contributed by atoms with Crippen LogP contribution in [-0.2, 0) is 28.7 Å². The SMILES string of the molecule is C=CCCC(=O)NC[C@@H](OC(=O)[C@@H]1[C@H]2O[C@@]3(CC2Br)[C@H](C(=O)N(CC=C)c2ccccc2Cl)N([C@H](C)CO)C(=O)[C@@H]13)c1ccccc1. The zero-order chi connectivity index (χ0) is 33.9. The highest BCUT2D eigenvalue weighted by atomic mass is 79.9. The summed E-state index contributed by atoms with van der Waals surface area (Å²) in [6, 6.07) is 14.0. The summed E-state index contributed by atoms with van der Waals surface area (Å²) in [6.07, 6.45) is 2.63. The summed E-state index contributed by atoms with van der Waals surface area (Å²) in [4.78, 5) is 58.1. The van der Waals surface area contributed by atoms with E-state index in [4.69, 9.17) is 21.1 Å². The number of halogens is 2. The van der Waals surface area contributed by atoms with Crippen molar-refractivity contribution in [2.24, 2.45) is 11.8 Å². The molecule has 3 amide bonds. The molecular weight excluding hydrogens is 690 g/mol. The number of amides is 3. The van der Waals surface area contributed by atoms with Crippen LogP contribution in [-0.4, -0.2) is 82.0 Å². The summed E-state index contributed by atoms with van der Waals surface area (Å²) in [5.74, 6) is -3.93. The van der Waals surface area contributed by atoms with Crippen LogP contribution in [0.3, 0.4) is 0 Å². The number of likely N-dealkylation sites (tertiary alicyclic amines) is 1. The van der Waals surface area contributed by atoms with Crippen molar-refractivity contribution in [1.82, 2.24) is 10.2 Å². The van der Waals surface area contributed by atoms with Crippen LogP contribution in [0.1, 0.15) is 37.9 Å². The van der Waals surface area contributed by atoms with Crippen molar-refractivity contribution < 1.29 is 33.8 Å². The minimum atomic E-state index is -1.39. The minimum absolute atomic E-state index is 0.0224. The Morgan fingerprint density at radius 1 is 1.19 bits per heavy atom. The Labute approximate surface area is 287 Å². The number of esters is 1. The average molecular weight is 729 g/mol. The first kappa shape index (κ1) is 34.8. The van der Waals surface area contributed by atoms with Crippen LogP contribution in [0.25, 0.3) is 0 Å². The van der Waals surface area contributed by atoms with Crippen molar-refractivity contribution in [2.45, 2.75) is 60.9 Å². The number of allylic oxidation sites excluding steroid dienone is 1. The van der Waals surface area contributed by atoms with Crippen molar-refractivity contribution in [3.8, 4) is 0 Å². The number of anilines is 1. The van der Waals surface area contributed by atoms with Crippen molar-refractivity contribution in [2.75, 3.05) is 24.6 Å². The van der Waals surface area contributed by atoms with Crippen LogP contribution in [0.5, 0.6) is 0 Å². The smallest absolute Gasteiger partial charge is 0.313 e. The van der Waals surface area contributed by atoms with Crippen LogP contribution >= 0.6 is 27.5 Å². The second kappa shape index (κ2) is 14.7. The fraction of sp³-hybridized carbons (Fsp3) is 0.429. The molecule has 0 aliphatic carbocycles. The first-order valence-corrected chi connectivity index (χ1v) is 16.9. The van der Waals surface area contributed by atoms with Gasteiger partial charge in [-0.25, -0.2) is 0 Å². The van der Waals surface area contributed by atoms with Gasteiger partial charge in [0.2, 0.25) is 11.8 Å². The Morgan fingerprint density at radius 3 is 2.55 bits per heavy atom. The van der Waals surface area contributed by atoms with Gasteiger partial charge in [-0.05, 0) is 37.5 Å². The highest BCUT2D eigenvalue weighted by molar-refractivity contribution is 9.09. The predicted octanol–water partition coefficient (Wildman–Crippen LogP) is 4.35. The monoisotopic (exact) mass is 727 g/mol. The molecule has 2 N–H and O–H groups in total. The molecule has 2 bridgehead atoms. The summed E-state index contributed by atoms with van der Waals surface area (Å²) < 4.78 is 12.7. The maximum absolute atomic E-state index is 14.6. The number of hydrogen-bond acceptors (Lipinski definition) is 7. The quantitative estimate of drug-likeness (QED) is 0.168.